The number of aromatic nitrogens is 2. The molecule has 3 aromatic rings. The maximum Gasteiger partial charge on any atom is 0.245 e. The smallest absolute Gasteiger partial charge is 0.245 e. The van der Waals surface area contributed by atoms with Crippen LogP contribution in [-0.4, -0.2) is 77.5 Å². The molecule has 2 fully saturated rings. The molecule has 0 radical (unpaired) electrons. The molecule has 0 N–H and O–H groups in total. The van der Waals surface area contributed by atoms with E-state index in [-0.39, 0.29) is 11.9 Å². The van der Waals surface area contributed by atoms with Crippen molar-refractivity contribution in [1.29, 1.82) is 0 Å². The number of piperazine rings is 1. The van der Waals surface area contributed by atoms with Crippen LogP contribution >= 0.6 is 11.5 Å². The Balaban J connectivity index is 1.14. The van der Waals surface area contributed by atoms with Gasteiger partial charge in [0.15, 0.2) is 0 Å². The lowest BCUT2D eigenvalue weighted by atomic mass is 10.1. The second kappa shape index (κ2) is 11.7. The summed E-state index contributed by atoms with van der Waals surface area (Å²) in [6, 6.07) is 18.2. The number of carbonyl (C=O) groups is 1. The van der Waals surface area contributed by atoms with Crippen molar-refractivity contribution in [2.24, 2.45) is 0 Å². The molecular weight excluding hydrogens is 470 g/mol. The van der Waals surface area contributed by atoms with Gasteiger partial charge in [-0.15, -0.1) is 0 Å². The van der Waals surface area contributed by atoms with Gasteiger partial charge < -0.3 is 14.5 Å². The predicted molar refractivity (Wildman–Crippen MR) is 145 cm³/mol. The Labute approximate surface area is 217 Å². The Morgan fingerprint density at radius 2 is 1.92 bits per heavy atom. The van der Waals surface area contributed by atoms with Crippen molar-refractivity contribution >= 4 is 28.6 Å². The summed E-state index contributed by atoms with van der Waals surface area (Å²) in [4.78, 5) is 24.9. The van der Waals surface area contributed by atoms with Crippen LogP contribution in [0.1, 0.15) is 29.8 Å². The number of amides is 1. The fourth-order valence-electron chi connectivity index (χ4n) is 4.91. The first-order chi connectivity index (χ1) is 17.7. The van der Waals surface area contributed by atoms with Crippen LogP contribution in [0.15, 0.2) is 60.7 Å². The molecule has 0 saturated carbocycles. The molecule has 1 aromatic heterocycles. The minimum Gasteiger partial charge on any atom is -0.497 e. The molecule has 2 aliphatic rings. The van der Waals surface area contributed by atoms with Crippen LogP contribution in [0.3, 0.4) is 0 Å². The van der Waals surface area contributed by atoms with Crippen LogP contribution in [0.2, 0.25) is 0 Å². The summed E-state index contributed by atoms with van der Waals surface area (Å²) in [7, 11) is 1.67. The molecular formula is C28H33N5O2S. The van der Waals surface area contributed by atoms with E-state index in [2.05, 4.69) is 56.7 Å². The summed E-state index contributed by atoms with van der Waals surface area (Å²) in [6.45, 7) is 5.13. The molecule has 0 spiro atoms. The summed E-state index contributed by atoms with van der Waals surface area (Å²) in [5.74, 6) is 1.86. The van der Waals surface area contributed by atoms with E-state index >= 15 is 0 Å². The number of anilines is 1. The van der Waals surface area contributed by atoms with Crippen molar-refractivity contribution in [2.75, 3.05) is 51.3 Å². The van der Waals surface area contributed by atoms with Crippen LogP contribution in [0.25, 0.3) is 6.08 Å². The minimum absolute atomic E-state index is 0.132. The number of ether oxygens (including phenoxy) is 1. The van der Waals surface area contributed by atoms with Gasteiger partial charge in [-0.2, -0.15) is 4.37 Å². The lowest BCUT2D eigenvalue weighted by Gasteiger charge is -2.36. The first-order valence-electron chi connectivity index (χ1n) is 12.6. The van der Waals surface area contributed by atoms with Gasteiger partial charge in [-0.3, -0.25) is 9.69 Å². The van der Waals surface area contributed by atoms with Gasteiger partial charge in [0.25, 0.3) is 0 Å². The van der Waals surface area contributed by atoms with Crippen LogP contribution in [0.5, 0.6) is 5.75 Å². The van der Waals surface area contributed by atoms with E-state index in [0.29, 0.717) is 6.42 Å². The molecule has 2 aliphatic heterocycles. The third-order valence-electron chi connectivity index (χ3n) is 6.89. The quantitative estimate of drug-likeness (QED) is 0.464. The molecule has 36 heavy (non-hydrogen) atoms. The monoisotopic (exact) mass is 503 g/mol. The summed E-state index contributed by atoms with van der Waals surface area (Å²) in [5, 5.41) is 0.855. The second-order valence-electron chi connectivity index (χ2n) is 9.31. The van der Waals surface area contributed by atoms with Gasteiger partial charge >= 0.3 is 0 Å². The zero-order valence-electron chi connectivity index (χ0n) is 20.8. The van der Waals surface area contributed by atoms with E-state index in [1.165, 1.54) is 17.1 Å². The summed E-state index contributed by atoms with van der Waals surface area (Å²) in [6.07, 6.45) is 6.92. The van der Waals surface area contributed by atoms with Gasteiger partial charge in [-0.05, 0) is 36.1 Å². The normalized spacial score (nSPS) is 18.8. The maximum atomic E-state index is 13.5. The number of hydrogen-bond donors (Lipinski definition) is 0. The molecule has 8 heteroatoms. The number of nitrogens with zero attached hydrogens (tertiary/aromatic N) is 5. The molecule has 7 nitrogen and oxygen atoms in total. The SMILES string of the molecule is COc1cccc(Cc2nsc(N3CCCC3C(=O)N3CCN(C/C=C/c4ccccc4)CC3)n2)c1. The fraction of sp³-hybridized carbons (Fsp3) is 0.393. The minimum atomic E-state index is -0.132. The van der Waals surface area contributed by atoms with E-state index in [1.54, 1.807) is 7.11 Å². The van der Waals surface area contributed by atoms with E-state index in [4.69, 9.17) is 9.72 Å². The number of rotatable bonds is 8. The number of methoxy groups -OCH3 is 1. The molecule has 0 bridgehead atoms. The molecule has 188 valence electrons. The van der Waals surface area contributed by atoms with Crippen molar-refractivity contribution in [1.82, 2.24) is 19.2 Å². The highest BCUT2D eigenvalue weighted by Crippen LogP contribution is 2.29. The van der Waals surface area contributed by atoms with Crippen LogP contribution in [-0.2, 0) is 11.2 Å². The molecule has 1 unspecified atom stereocenters. The average molecular weight is 504 g/mol. The van der Waals surface area contributed by atoms with Crippen molar-refractivity contribution in [3.05, 3.63) is 77.6 Å². The summed E-state index contributed by atoms with van der Waals surface area (Å²) in [5.41, 5.74) is 2.33. The Bertz CT molecular complexity index is 1170. The Hall–Kier alpha value is -3.23. The molecule has 1 atom stereocenters. The standard InChI is InChI=1S/C28H33N5O2S/c1-35-24-12-5-10-23(20-24)21-26-29-28(36-30-26)33-15-7-13-25(33)27(34)32-18-16-31(17-19-32)14-6-11-22-8-3-2-4-9-22/h2-6,8-12,20,25H,7,13-19,21H2,1H3/b11-6+. The van der Waals surface area contributed by atoms with E-state index in [0.717, 1.165) is 74.4 Å². The van der Waals surface area contributed by atoms with E-state index in [1.807, 2.05) is 29.2 Å². The molecule has 1 amide bonds. The fourth-order valence-corrected chi connectivity index (χ4v) is 5.68. The predicted octanol–water partition coefficient (Wildman–Crippen LogP) is 3.96. The molecule has 3 heterocycles. The van der Waals surface area contributed by atoms with Gasteiger partial charge in [-0.25, -0.2) is 4.98 Å². The van der Waals surface area contributed by atoms with Crippen LogP contribution < -0.4 is 9.64 Å². The second-order valence-corrected chi connectivity index (χ2v) is 10.0. The third-order valence-corrected chi connectivity index (χ3v) is 7.69. The lowest BCUT2D eigenvalue weighted by molar-refractivity contribution is -0.134. The Morgan fingerprint density at radius 1 is 1.08 bits per heavy atom. The van der Waals surface area contributed by atoms with Gasteiger partial charge in [0.05, 0.1) is 7.11 Å². The van der Waals surface area contributed by atoms with Crippen LogP contribution in [0.4, 0.5) is 5.13 Å². The lowest BCUT2D eigenvalue weighted by Crippen LogP contribution is -2.53. The summed E-state index contributed by atoms with van der Waals surface area (Å²) >= 11 is 1.40. The van der Waals surface area contributed by atoms with Crippen molar-refractivity contribution in [2.45, 2.75) is 25.3 Å². The van der Waals surface area contributed by atoms with Gasteiger partial charge in [0, 0.05) is 57.2 Å². The van der Waals surface area contributed by atoms with Gasteiger partial charge in [-0.1, -0.05) is 54.6 Å². The maximum absolute atomic E-state index is 13.5. The topological polar surface area (TPSA) is 61.8 Å². The van der Waals surface area contributed by atoms with Crippen molar-refractivity contribution < 1.29 is 9.53 Å². The molecule has 2 aromatic carbocycles. The largest absolute Gasteiger partial charge is 0.497 e. The highest BCUT2D eigenvalue weighted by atomic mass is 32.1. The number of hydrogen-bond acceptors (Lipinski definition) is 7. The third kappa shape index (κ3) is 5.94. The van der Waals surface area contributed by atoms with Gasteiger partial charge in [0.2, 0.25) is 11.0 Å². The molecule has 2 saturated heterocycles. The Morgan fingerprint density at radius 3 is 2.72 bits per heavy atom. The highest BCUT2D eigenvalue weighted by Gasteiger charge is 2.36. The highest BCUT2D eigenvalue weighted by molar-refractivity contribution is 7.09. The number of carbonyl (C=O) groups excluding carboxylic acids is 1. The Kier molecular flexibility index (Phi) is 7.93. The van der Waals surface area contributed by atoms with E-state index < -0.39 is 0 Å². The van der Waals surface area contributed by atoms with Crippen LogP contribution in [0, 0.1) is 0 Å². The van der Waals surface area contributed by atoms with E-state index in [9.17, 15) is 4.79 Å². The van der Waals surface area contributed by atoms with Crippen molar-refractivity contribution in [3.63, 3.8) is 0 Å². The van der Waals surface area contributed by atoms with Gasteiger partial charge in [0.1, 0.15) is 17.6 Å². The molecule has 0 aliphatic carbocycles. The summed E-state index contributed by atoms with van der Waals surface area (Å²) < 4.78 is 9.91. The molecule has 5 rings (SSSR count). The number of benzene rings is 2. The van der Waals surface area contributed by atoms with Crippen molar-refractivity contribution in [3.8, 4) is 5.75 Å². The first kappa shape index (κ1) is 24.5. The average Bonchev–Trinajstić information content (AvgIpc) is 3.59. The first-order valence-corrected chi connectivity index (χ1v) is 13.4. The zero-order valence-corrected chi connectivity index (χ0v) is 21.6. The zero-order chi connectivity index (χ0) is 24.7.